The van der Waals surface area contributed by atoms with Crippen LogP contribution >= 0.6 is 11.8 Å². The molecule has 0 aliphatic heterocycles. The monoisotopic (exact) mass is 242 g/mol. The molecule has 0 aliphatic carbocycles. The molecule has 0 radical (unpaired) electrons. The Labute approximate surface area is 100 Å². The van der Waals surface area contributed by atoms with E-state index in [0.717, 1.165) is 5.03 Å². The number of aliphatic hydroxyl groups excluding tert-OH is 1. The minimum atomic E-state index is -0.375. The number of nitrogens with two attached hydrogens (primary N) is 1. The molecule has 5 heteroatoms. The lowest BCUT2D eigenvalue weighted by molar-refractivity contribution is 0.196. The maximum Gasteiger partial charge on any atom is 0.238 e. The molecule has 2 unspecified atom stereocenters. The summed E-state index contributed by atoms with van der Waals surface area (Å²) in [6.45, 7) is 6.14. The van der Waals surface area contributed by atoms with E-state index >= 15 is 0 Å². The Kier molecular flexibility index (Phi) is 4.89. The van der Waals surface area contributed by atoms with E-state index in [-0.39, 0.29) is 11.4 Å². The molecule has 0 bridgehead atoms. The standard InChI is InChI=1S/C11H18N2O2S/c1-4-15-11-9(12)5-6-10(13-11)16-8(3)7(2)14/h5-8,14H,4,12H2,1-3H3. The van der Waals surface area contributed by atoms with Gasteiger partial charge in [-0.25, -0.2) is 4.98 Å². The number of hydrogen-bond donors (Lipinski definition) is 2. The highest BCUT2D eigenvalue weighted by molar-refractivity contribution is 7.99. The molecule has 1 aromatic heterocycles. The second-order valence-electron chi connectivity index (χ2n) is 3.54. The Hall–Kier alpha value is -0.940. The predicted octanol–water partition coefficient (Wildman–Crippen LogP) is 1.92. The number of nitrogens with zero attached hydrogens (tertiary/aromatic N) is 1. The van der Waals surface area contributed by atoms with Crippen molar-refractivity contribution in [1.29, 1.82) is 0 Å². The van der Waals surface area contributed by atoms with Gasteiger partial charge in [0.1, 0.15) is 5.03 Å². The van der Waals surface area contributed by atoms with Crippen LogP contribution in [0.5, 0.6) is 5.88 Å². The summed E-state index contributed by atoms with van der Waals surface area (Å²) in [6, 6.07) is 3.61. The topological polar surface area (TPSA) is 68.4 Å². The molecule has 0 aliphatic rings. The number of rotatable bonds is 5. The van der Waals surface area contributed by atoms with Crippen molar-refractivity contribution in [3.8, 4) is 5.88 Å². The summed E-state index contributed by atoms with van der Waals surface area (Å²) in [4.78, 5) is 4.29. The molecule has 3 N–H and O–H groups in total. The third kappa shape index (κ3) is 3.57. The fourth-order valence-electron chi connectivity index (χ4n) is 1.04. The van der Waals surface area contributed by atoms with E-state index in [9.17, 15) is 5.11 Å². The van der Waals surface area contributed by atoms with Gasteiger partial charge in [-0.1, -0.05) is 6.92 Å². The maximum absolute atomic E-state index is 9.40. The van der Waals surface area contributed by atoms with E-state index in [1.54, 1.807) is 13.0 Å². The fraction of sp³-hybridized carbons (Fsp3) is 0.545. The molecule has 0 aromatic carbocycles. The summed E-state index contributed by atoms with van der Waals surface area (Å²) in [5.74, 6) is 0.463. The predicted molar refractivity (Wildman–Crippen MR) is 66.8 cm³/mol. The first kappa shape index (κ1) is 13.1. The van der Waals surface area contributed by atoms with Crippen molar-refractivity contribution in [3.05, 3.63) is 12.1 Å². The normalized spacial score (nSPS) is 14.5. The second-order valence-corrected chi connectivity index (χ2v) is 4.94. The average molecular weight is 242 g/mol. The summed E-state index contributed by atoms with van der Waals surface area (Å²) in [6.07, 6.45) is -0.375. The van der Waals surface area contributed by atoms with Crippen LogP contribution in [-0.2, 0) is 0 Å². The Morgan fingerprint density at radius 3 is 2.75 bits per heavy atom. The highest BCUT2D eigenvalue weighted by Gasteiger charge is 2.12. The molecule has 4 nitrogen and oxygen atoms in total. The van der Waals surface area contributed by atoms with Crippen LogP contribution in [0.15, 0.2) is 17.2 Å². The summed E-state index contributed by atoms with van der Waals surface area (Å²) in [5.41, 5.74) is 6.26. The van der Waals surface area contributed by atoms with E-state index in [4.69, 9.17) is 10.5 Å². The zero-order valence-electron chi connectivity index (χ0n) is 9.80. The number of pyridine rings is 1. The number of anilines is 1. The summed E-state index contributed by atoms with van der Waals surface area (Å²) in [5, 5.41) is 10.3. The van der Waals surface area contributed by atoms with Gasteiger partial charge in [0.15, 0.2) is 0 Å². The van der Waals surface area contributed by atoms with Crippen molar-refractivity contribution in [2.75, 3.05) is 12.3 Å². The van der Waals surface area contributed by atoms with Gasteiger partial charge >= 0.3 is 0 Å². The molecule has 2 atom stereocenters. The quantitative estimate of drug-likeness (QED) is 0.772. The molecule has 1 rings (SSSR count). The SMILES string of the molecule is CCOc1nc(SC(C)C(C)O)ccc1N. The Bertz CT molecular complexity index is 345. The van der Waals surface area contributed by atoms with Gasteiger partial charge in [0.05, 0.1) is 18.4 Å². The van der Waals surface area contributed by atoms with Crippen LogP contribution in [0.1, 0.15) is 20.8 Å². The van der Waals surface area contributed by atoms with Crippen LogP contribution in [-0.4, -0.2) is 28.1 Å². The largest absolute Gasteiger partial charge is 0.476 e. The van der Waals surface area contributed by atoms with Crippen molar-refractivity contribution >= 4 is 17.4 Å². The van der Waals surface area contributed by atoms with E-state index < -0.39 is 0 Å². The number of aliphatic hydroxyl groups is 1. The van der Waals surface area contributed by atoms with Gasteiger partial charge in [0.2, 0.25) is 5.88 Å². The summed E-state index contributed by atoms with van der Waals surface area (Å²) >= 11 is 1.50. The second kappa shape index (κ2) is 5.96. The van der Waals surface area contributed by atoms with Crippen molar-refractivity contribution < 1.29 is 9.84 Å². The number of ether oxygens (including phenoxy) is 1. The smallest absolute Gasteiger partial charge is 0.238 e. The minimum Gasteiger partial charge on any atom is -0.476 e. The molecule has 1 aromatic rings. The van der Waals surface area contributed by atoms with E-state index in [0.29, 0.717) is 18.2 Å². The Balaban J connectivity index is 2.78. The molecule has 0 fully saturated rings. The molecule has 0 saturated carbocycles. The lowest BCUT2D eigenvalue weighted by atomic mass is 10.3. The summed E-state index contributed by atoms with van der Waals surface area (Å²) < 4.78 is 5.31. The van der Waals surface area contributed by atoms with Gasteiger partial charge < -0.3 is 15.6 Å². The van der Waals surface area contributed by atoms with E-state index in [1.165, 1.54) is 11.8 Å². The third-order valence-electron chi connectivity index (χ3n) is 2.13. The van der Waals surface area contributed by atoms with Gasteiger partial charge in [-0.15, -0.1) is 11.8 Å². The van der Waals surface area contributed by atoms with Gasteiger partial charge in [0.25, 0.3) is 0 Å². The van der Waals surface area contributed by atoms with Crippen molar-refractivity contribution in [3.63, 3.8) is 0 Å². The third-order valence-corrected chi connectivity index (χ3v) is 3.37. The van der Waals surface area contributed by atoms with Crippen molar-refractivity contribution in [2.45, 2.75) is 37.2 Å². The van der Waals surface area contributed by atoms with E-state index in [1.807, 2.05) is 19.9 Å². The minimum absolute atomic E-state index is 0.0885. The number of thioether (sulfide) groups is 1. The number of aromatic nitrogens is 1. The lowest BCUT2D eigenvalue weighted by Gasteiger charge is -2.14. The first-order valence-electron chi connectivity index (χ1n) is 5.28. The Morgan fingerprint density at radius 1 is 1.50 bits per heavy atom. The molecular weight excluding hydrogens is 224 g/mol. The Morgan fingerprint density at radius 2 is 2.19 bits per heavy atom. The molecule has 0 saturated heterocycles. The molecule has 0 spiro atoms. The van der Waals surface area contributed by atoms with Crippen LogP contribution < -0.4 is 10.5 Å². The summed E-state index contributed by atoms with van der Waals surface area (Å²) in [7, 11) is 0. The van der Waals surface area contributed by atoms with Gasteiger partial charge in [-0.2, -0.15) is 0 Å². The van der Waals surface area contributed by atoms with Crippen molar-refractivity contribution in [1.82, 2.24) is 4.98 Å². The zero-order chi connectivity index (χ0) is 12.1. The van der Waals surface area contributed by atoms with E-state index in [2.05, 4.69) is 4.98 Å². The number of nitrogen functional groups attached to an aromatic ring is 1. The molecular formula is C11H18N2O2S. The number of hydrogen-bond acceptors (Lipinski definition) is 5. The lowest BCUT2D eigenvalue weighted by Crippen LogP contribution is -2.15. The van der Waals surface area contributed by atoms with Crippen LogP contribution in [0.3, 0.4) is 0 Å². The molecule has 90 valence electrons. The van der Waals surface area contributed by atoms with Crippen LogP contribution in [0.4, 0.5) is 5.69 Å². The first-order valence-corrected chi connectivity index (χ1v) is 6.16. The molecule has 0 amide bonds. The van der Waals surface area contributed by atoms with Gasteiger partial charge in [-0.3, -0.25) is 0 Å². The zero-order valence-corrected chi connectivity index (χ0v) is 10.6. The highest BCUT2D eigenvalue weighted by Crippen LogP contribution is 2.28. The van der Waals surface area contributed by atoms with Crippen molar-refractivity contribution in [2.24, 2.45) is 0 Å². The molecule has 1 heterocycles. The van der Waals surface area contributed by atoms with Gasteiger partial charge in [-0.05, 0) is 26.0 Å². The fourth-order valence-corrected chi connectivity index (χ4v) is 1.90. The first-order chi connectivity index (χ1) is 7.54. The van der Waals surface area contributed by atoms with Crippen LogP contribution in [0.25, 0.3) is 0 Å². The van der Waals surface area contributed by atoms with Gasteiger partial charge in [0, 0.05) is 5.25 Å². The highest BCUT2D eigenvalue weighted by atomic mass is 32.2. The average Bonchev–Trinajstić information content (AvgIpc) is 2.23. The molecule has 16 heavy (non-hydrogen) atoms. The maximum atomic E-state index is 9.40. The van der Waals surface area contributed by atoms with Crippen LogP contribution in [0, 0.1) is 0 Å². The van der Waals surface area contributed by atoms with Crippen LogP contribution in [0.2, 0.25) is 0 Å².